The lowest BCUT2D eigenvalue weighted by molar-refractivity contribution is -0.152. The maximum atomic E-state index is 11.9. The van der Waals surface area contributed by atoms with E-state index in [9.17, 15) is 14.7 Å². The van der Waals surface area contributed by atoms with Crippen LogP contribution in [0, 0.1) is 17.3 Å². The third-order valence-corrected chi connectivity index (χ3v) is 3.76. The summed E-state index contributed by atoms with van der Waals surface area (Å²) >= 11 is 0. The van der Waals surface area contributed by atoms with Gasteiger partial charge in [0.25, 0.3) is 0 Å². The van der Waals surface area contributed by atoms with Gasteiger partial charge < -0.3 is 10.4 Å². The Morgan fingerprint density at radius 3 is 2.37 bits per heavy atom. The van der Waals surface area contributed by atoms with Crippen molar-refractivity contribution in [2.24, 2.45) is 5.41 Å². The van der Waals surface area contributed by atoms with Crippen LogP contribution in [0.1, 0.15) is 58.3 Å². The molecule has 4 heteroatoms. The molecule has 0 aromatic heterocycles. The van der Waals surface area contributed by atoms with Crippen LogP contribution in [0.5, 0.6) is 0 Å². The van der Waals surface area contributed by atoms with Crippen molar-refractivity contribution >= 4 is 11.9 Å². The number of hydrogen-bond acceptors (Lipinski definition) is 2. The fourth-order valence-electron chi connectivity index (χ4n) is 2.63. The molecule has 4 nitrogen and oxygen atoms in total. The summed E-state index contributed by atoms with van der Waals surface area (Å²) in [5.41, 5.74) is -0.850. The monoisotopic (exact) mass is 265 g/mol. The number of amides is 1. The molecule has 0 aliphatic heterocycles. The zero-order valence-corrected chi connectivity index (χ0v) is 11.6. The van der Waals surface area contributed by atoms with Crippen LogP contribution in [0.2, 0.25) is 0 Å². The van der Waals surface area contributed by atoms with Crippen molar-refractivity contribution in [3.8, 4) is 11.8 Å². The van der Waals surface area contributed by atoms with Crippen molar-refractivity contribution in [2.75, 3.05) is 6.54 Å². The van der Waals surface area contributed by atoms with Crippen LogP contribution in [0.3, 0.4) is 0 Å². The fraction of sp³-hybridized carbons (Fsp3) is 0.733. The summed E-state index contributed by atoms with van der Waals surface area (Å²) < 4.78 is 0. The highest BCUT2D eigenvalue weighted by atomic mass is 16.4. The molecule has 1 fully saturated rings. The predicted molar refractivity (Wildman–Crippen MR) is 73.5 cm³/mol. The maximum absolute atomic E-state index is 11.9. The summed E-state index contributed by atoms with van der Waals surface area (Å²) in [6.45, 7) is 2.25. The summed E-state index contributed by atoms with van der Waals surface area (Å²) in [4.78, 5) is 23.4. The number of carboxylic acid groups (broad SMARTS) is 1. The molecule has 1 amide bonds. The Morgan fingerprint density at radius 2 is 1.84 bits per heavy atom. The average Bonchev–Trinajstić information content (AvgIpc) is 2.61. The molecule has 106 valence electrons. The molecule has 0 aromatic rings. The number of carbonyl (C=O) groups is 2. The lowest BCUT2D eigenvalue weighted by atomic mass is 9.77. The highest BCUT2D eigenvalue weighted by molar-refractivity contribution is 5.85. The molecule has 19 heavy (non-hydrogen) atoms. The average molecular weight is 265 g/mol. The van der Waals surface area contributed by atoms with E-state index in [1.54, 1.807) is 6.92 Å². The summed E-state index contributed by atoms with van der Waals surface area (Å²) in [6.07, 6.45) is 5.90. The number of carboxylic acids is 1. The van der Waals surface area contributed by atoms with Gasteiger partial charge in [0, 0.05) is 19.4 Å². The molecule has 0 saturated heterocycles. The van der Waals surface area contributed by atoms with E-state index < -0.39 is 11.4 Å². The van der Waals surface area contributed by atoms with Gasteiger partial charge in [-0.05, 0) is 19.8 Å². The van der Waals surface area contributed by atoms with Crippen LogP contribution in [-0.4, -0.2) is 23.5 Å². The van der Waals surface area contributed by atoms with Crippen LogP contribution in [0.25, 0.3) is 0 Å². The van der Waals surface area contributed by atoms with E-state index >= 15 is 0 Å². The van der Waals surface area contributed by atoms with Crippen LogP contribution in [-0.2, 0) is 9.59 Å². The predicted octanol–water partition coefficient (Wildman–Crippen LogP) is 2.33. The number of hydrogen-bond donors (Lipinski definition) is 2. The van der Waals surface area contributed by atoms with Crippen molar-refractivity contribution in [3.05, 3.63) is 0 Å². The van der Waals surface area contributed by atoms with Crippen molar-refractivity contribution in [2.45, 2.75) is 58.3 Å². The number of carbonyl (C=O) groups excluding carboxylic acids is 1. The Bertz CT molecular complexity index is 371. The standard InChI is InChI=1S/C15H23NO3/c1-2-3-8-11-16-13(17)12-15(14(18)19)9-6-4-5-7-10-15/h4-12H2,1H3,(H,16,17)(H,18,19). The normalized spacial score (nSPS) is 17.7. The highest BCUT2D eigenvalue weighted by Gasteiger charge is 2.40. The minimum absolute atomic E-state index is 0.0991. The minimum atomic E-state index is -0.850. The van der Waals surface area contributed by atoms with E-state index in [1.165, 1.54) is 0 Å². The number of nitrogens with one attached hydrogen (secondary N) is 1. The van der Waals surface area contributed by atoms with E-state index in [0.29, 0.717) is 25.8 Å². The highest BCUT2D eigenvalue weighted by Crippen LogP contribution is 2.38. The second kappa shape index (κ2) is 7.83. The number of rotatable bonds is 5. The Labute approximate surface area is 115 Å². The van der Waals surface area contributed by atoms with Crippen molar-refractivity contribution < 1.29 is 14.7 Å². The first-order valence-electron chi connectivity index (χ1n) is 7.00. The Morgan fingerprint density at radius 1 is 1.21 bits per heavy atom. The van der Waals surface area contributed by atoms with Gasteiger partial charge >= 0.3 is 5.97 Å². The van der Waals surface area contributed by atoms with Gasteiger partial charge in [0.15, 0.2) is 0 Å². The molecule has 0 radical (unpaired) electrons. The quantitative estimate of drug-likeness (QED) is 0.455. The summed E-state index contributed by atoms with van der Waals surface area (Å²) in [7, 11) is 0. The van der Waals surface area contributed by atoms with Gasteiger partial charge in [-0.2, -0.15) is 0 Å². The summed E-state index contributed by atoms with van der Waals surface area (Å²) in [6, 6.07) is 0. The topological polar surface area (TPSA) is 66.4 Å². The van der Waals surface area contributed by atoms with Gasteiger partial charge in [0.2, 0.25) is 5.91 Å². The van der Waals surface area contributed by atoms with E-state index in [4.69, 9.17) is 0 Å². The van der Waals surface area contributed by atoms with Gasteiger partial charge in [0.05, 0.1) is 5.41 Å². The molecule has 1 saturated carbocycles. The van der Waals surface area contributed by atoms with E-state index in [0.717, 1.165) is 25.7 Å². The molecule has 0 unspecified atom stereocenters. The largest absolute Gasteiger partial charge is 0.481 e. The van der Waals surface area contributed by atoms with Gasteiger partial charge in [-0.15, -0.1) is 11.8 Å². The molecule has 0 heterocycles. The molecule has 0 aromatic carbocycles. The second-order valence-corrected chi connectivity index (χ2v) is 5.20. The van der Waals surface area contributed by atoms with Crippen molar-refractivity contribution in [1.29, 1.82) is 0 Å². The molecule has 1 aliphatic carbocycles. The summed E-state index contributed by atoms with van der Waals surface area (Å²) in [5.74, 6) is 4.64. The molecule has 0 bridgehead atoms. The van der Waals surface area contributed by atoms with Crippen LogP contribution < -0.4 is 5.32 Å². The van der Waals surface area contributed by atoms with E-state index in [1.807, 2.05) is 0 Å². The Balaban J connectivity index is 2.54. The fourth-order valence-corrected chi connectivity index (χ4v) is 2.63. The smallest absolute Gasteiger partial charge is 0.310 e. The van der Waals surface area contributed by atoms with E-state index in [2.05, 4.69) is 17.2 Å². The Hall–Kier alpha value is -1.50. The third kappa shape index (κ3) is 4.94. The maximum Gasteiger partial charge on any atom is 0.310 e. The number of aliphatic carboxylic acids is 1. The first-order valence-corrected chi connectivity index (χ1v) is 7.00. The third-order valence-electron chi connectivity index (χ3n) is 3.76. The second-order valence-electron chi connectivity index (χ2n) is 5.20. The zero-order chi connectivity index (χ0) is 14.1. The first kappa shape index (κ1) is 15.6. The summed E-state index contributed by atoms with van der Waals surface area (Å²) in [5, 5.41) is 12.2. The molecular formula is C15H23NO3. The van der Waals surface area contributed by atoms with E-state index in [-0.39, 0.29) is 12.3 Å². The van der Waals surface area contributed by atoms with Crippen LogP contribution >= 0.6 is 0 Å². The van der Waals surface area contributed by atoms with Crippen molar-refractivity contribution in [1.82, 2.24) is 5.32 Å². The molecule has 2 N–H and O–H groups in total. The molecule has 1 aliphatic rings. The lowest BCUT2D eigenvalue weighted by Crippen LogP contribution is -2.37. The lowest BCUT2D eigenvalue weighted by Gasteiger charge is -2.27. The van der Waals surface area contributed by atoms with Gasteiger partial charge in [0.1, 0.15) is 0 Å². The molecule has 1 rings (SSSR count). The SMILES string of the molecule is CC#CCCNC(=O)CC1(C(=O)O)CCCCCC1. The van der Waals surface area contributed by atoms with Crippen LogP contribution in [0.15, 0.2) is 0 Å². The van der Waals surface area contributed by atoms with Gasteiger partial charge in [-0.25, -0.2) is 0 Å². The molecule has 0 spiro atoms. The van der Waals surface area contributed by atoms with Crippen molar-refractivity contribution in [3.63, 3.8) is 0 Å². The Kier molecular flexibility index (Phi) is 6.41. The molecular weight excluding hydrogens is 242 g/mol. The zero-order valence-electron chi connectivity index (χ0n) is 11.6. The first-order chi connectivity index (χ1) is 9.10. The van der Waals surface area contributed by atoms with Gasteiger partial charge in [-0.1, -0.05) is 25.7 Å². The molecule has 0 atom stereocenters. The van der Waals surface area contributed by atoms with Gasteiger partial charge in [-0.3, -0.25) is 9.59 Å². The minimum Gasteiger partial charge on any atom is -0.481 e. The van der Waals surface area contributed by atoms with Crippen LogP contribution in [0.4, 0.5) is 0 Å².